The molecule has 146 valence electrons. The Balaban J connectivity index is 1.59. The Morgan fingerprint density at radius 2 is 1.56 bits per heavy atom. The van der Waals surface area contributed by atoms with Crippen LogP contribution >= 0.6 is 23.2 Å². The van der Waals surface area contributed by atoms with Crippen molar-refractivity contribution in [3.05, 3.63) is 69.7 Å². The highest BCUT2D eigenvalue weighted by Gasteiger charge is 2.45. The summed E-state index contributed by atoms with van der Waals surface area (Å²) in [4.78, 5) is 0. The molecule has 7 heteroatoms. The average Bonchev–Trinajstić information content (AvgIpc) is 2.97. The normalized spacial score (nSPS) is 25.0. The van der Waals surface area contributed by atoms with Crippen LogP contribution in [0.4, 0.5) is 0 Å². The minimum absolute atomic E-state index is 0.231. The van der Waals surface area contributed by atoms with E-state index >= 15 is 0 Å². The van der Waals surface area contributed by atoms with Crippen LogP contribution in [0.2, 0.25) is 10.0 Å². The molecule has 0 unspecified atom stereocenters. The van der Waals surface area contributed by atoms with Gasteiger partial charge in [-0.2, -0.15) is 0 Å². The summed E-state index contributed by atoms with van der Waals surface area (Å²) in [5, 5.41) is 11.7. The largest absolute Gasteiger partial charge is 0.385 e. The van der Waals surface area contributed by atoms with E-state index in [-0.39, 0.29) is 13.2 Å². The molecule has 27 heavy (non-hydrogen) atoms. The molecule has 0 saturated carbocycles. The number of methoxy groups -OCH3 is 1. The quantitative estimate of drug-likeness (QED) is 0.713. The maximum atomic E-state index is 10.4. The van der Waals surface area contributed by atoms with Crippen molar-refractivity contribution in [1.29, 1.82) is 0 Å². The second-order valence-electron chi connectivity index (χ2n) is 6.24. The number of aliphatic hydroxyl groups excluding tert-OH is 1. The maximum Gasteiger partial charge on any atom is 0.186 e. The van der Waals surface area contributed by atoms with Gasteiger partial charge in [0, 0.05) is 17.2 Å². The van der Waals surface area contributed by atoms with Crippen molar-refractivity contribution in [1.82, 2.24) is 0 Å². The predicted molar refractivity (Wildman–Crippen MR) is 103 cm³/mol. The lowest BCUT2D eigenvalue weighted by molar-refractivity contribution is -0.156. The predicted octanol–water partition coefficient (Wildman–Crippen LogP) is 3.83. The number of benzene rings is 2. The lowest BCUT2D eigenvalue weighted by Gasteiger charge is -2.21. The van der Waals surface area contributed by atoms with Gasteiger partial charge < -0.3 is 24.1 Å². The van der Waals surface area contributed by atoms with E-state index in [4.69, 9.17) is 42.1 Å². The molecule has 0 amide bonds. The molecule has 0 aliphatic carbocycles. The summed E-state index contributed by atoms with van der Waals surface area (Å²) >= 11 is 12.3. The maximum absolute atomic E-state index is 10.4. The summed E-state index contributed by atoms with van der Waals surface area (Å²) in [5.41, 5.74) is 1.72. The van der Waals surface area contributed by atoms with Crippen LogP contribution in [0.1, 0.15) is 11.1 Å². The van der Waals surface area contributed by atoms with Crippen molar-refractivity contribution in [2.45, 2.75) is 37.8 Å². The van der Waals surface area contributed by atoms with Gasteiger partial charge in [0.1, 0.15) is 18.3 Å². The van der Waals surface area contributed by atoms with Gasteiger partial charge >= 0.3 is 0 Å². The molecule has 4 atom stereocenters. The lowest BCUT2D eigenvalue weighted by Crippen LogP contribution is -2.37. The van der Waals surface area contributed by atoms with E-state index in [9.17, 15) is 5.11 Å². The fraction of sp³-hybridized carbons (Fsp3) is 0.400. The van der Waals surface area contributed by atoms with Crippen molar-refractivity contribution >= 4 is 23.2 Å². The fourth-order valence-electron chi connectivity index (χ4n) is 2.94. The number of halogens is 2. The third-order valence-electron chi connectivity index (χ3n) is 4.41. The molecule has 3 rings (SSSR count). The summed E-state index contributed by atoms with van der Waals surface area (Å²) in [7, 11) is 1.48. The van der Waals surface area contributed by atoms with Gasteiger partial charge in [-0.3, -0.25) is 0 Å². The van der Waals surface area contributed by atoms with Gasteiger partial charge in [-0.15, -0.1) is 0 Å². The average molecular weight is 413 g/mol. The zero-order chi connectivity index (χ0) is 19.2. The number of rotatable bonds is 8. The molecule has 2 aromatic carbocycles. The van der Waals surface area contributed by atoms with Crippen molar-refractivity contribution in [2.24, 2.45) is 0 Å². The molecule has 1 heterocycles. The second kappa shape index (κ2) is 9.85. The van der Waals surface area contributed by atoms with E-state index < -0.39 is 24.6 Å². The molecule has 0 aromatic heterocycles. The summed E-state index contributed by atoms with van der Waals surface area (Å²) in [6.07, 6.45) is -2.77. The molecule has 1 saturated heterocycles. The summed E-state index contributed by atoms with van der Waals surface area (Å²) < 4.78 is 22.6. The number of ether oxygens (including phenoxy) is 4. The first kappa shape index (κ1) is 20.6. The van der Waals surface area contributed by atoms with E-state index in [1.165, 1.54) is 7.11 Å². The molecule has 0 spiro atoms. The standard InChI is InChI=1S/C20H22Cl2O5/c1-24-20-18(23)19(26-11-14-7-3-5-9-16(14)22)17(27-20)12-25-10-13-6-2-4-8-15(13)21/h2-9,17-20,23H,10-12H2,1H3/t17-,18-,19-,20+/m1/s1. The third-order valence-corrected chi connectivity index (χ3v) is 5.15. The molecular weight excluding hydrogens is 391 g/mol. The van der Waals surface area contributed by atoms with Gasteiger partial charge in [0.25, 0.3) is 0 Å². The number of aliphatic hydroxyl groups is 1. The van der Waals surface area contributed by atoms with Gasteiger partial charge in [0.05, 0.1) is 19.8 Å². The van der Waals surface area contributed by atoms with E-state index in [0.717, 1.165) is 11.1 Å². The Morgan fingerprint density at radius 1 is 0.963 bits per heavy atom. The Morgan fingerprint density at radius 3 is 2.15 bits per heavy atom. The Kier molecular flexibility index (Phi) is 7.49. The first-order valence-corrected chi connectivity index (χ1v) is 9.38. The highest BCUT2D eigenvalue weighted by molar-refractivity contribution is 6.31. The first-order valence-electron chi connectivity index (χ1n) is 8.62. The van der Waals surface area contributed by atoms with Crippen LogP contribution < -0.4 is 0 Å². The van der Waals surface area contributed by atoms with E-state index in [1.54, 1.807) is 6.07 Å². The van der Waals surface area contributed by atoms with Crippen LogP contribution in [0.15, 0.2) is 48.5 Å². The highest BCUT2D eigenvalue weighted by Crippen LogP contribution is 2.27. The minimum atomic E-state index is -0.925. The molecule has 1 aliphatic heterocycles. The van der Waals surface area contributed by atoms with Crippen molar-refractivity contribution < 1.29 is 24.1 Å². The molecule has 1 N–H and O–H groups in total. The smallest absolute Gasteiger partial charge is 0.186 e. The molecular formula is C20H22Cl2O5. The van der Waals surface area contributed by atoms with Crippen LogP contribution in [0.5, 0.6) is 0 Å². The number of hydrogen-bond acceptors (Lipinski definition) is 5. The second-order valence-corrected chi connectivity index (χ2v) is 7.06. The molecule has 5 nitrogen and oxygen atoms in total. The zero-order valence-electron chi connectivity index (χ0n) is 14.9. The summed E-state index contributed by atoms with van der Waals surface area (Å²) in [6.45, 7) is 0.821. The Hall–Kier alpha value is -1.18. The molecule has 2 aromatic rings. The molecule has 1 aliphatic rings. The van der Waals surface area contributed by atoms with Crippen molar-refractivity contribution in [3.63, 3.8) is 0 Å². The van der Waals surface area contributed by atoms with Gasteiger partial charge in [-0.1, -0.05) is 59.6 Å². The van der Waals surface area contributed by atoms with E-state index in [1.807, 2.05) is 42.5 Å². The zero-order valence-corrected chi connectivity index (χ0v) is 16.4. The van der Waals surface area contributed by atoms with Crippen LogP contribution in [0.3, 0.4) is 0 Å². The van der Waals surface area contributed by atoms with Crippen LogP contribution in [-0.2, 0) is 32.2 Å². The summed E-state index contributed by atoms with van der Waals surface area (Å²) in [6, 6.07) is 14.9. The SMILES string of the molecule is CO[C@H]1O[C@H](COCc2ccccc2Cl)[C@@H](OCc2ccccc2Cl)[C@H]1O. The van der Waals surface area contributed by atoms with Gasteiger partial charge in [-0.05, 0) is 23.3 Å². The van der Waals surface area contributed by atoms with Crippen molar-refractivity contribution in [3.8, 4) is 0 Å². The van der Waals surface area contributed by atoms with Gasteiger partial charge in [0.15, 0.2) is 6.29 Å². The Bertz CT molecular complexity index is 742. The van der Waals surface area contributed by atoms with Crippen LogP contribution in [-0.4, -0.2) is 43.4 Å². The molecule has 0 bridgehead atoms. The topological polar surface area (TPSA) is 57.2 Å². The molecule has 0 radical (unpaired) electrons. The monoisotopic (exact) mass is 412 g/mol. The van der Waals surface area contributed by atoms with Gasteiger partial charge in [-0.25, -0.2) is 0 Å². The fourth-order valence-corrected chi connectivity index (χ4v) is 3.32. The van der Waals surface area contributed by atoms with Crippen LogP contribution in [0, 0.1) is 0 Å². The van der Waals surface area contributed by atoms with Crippen molar-refractivity contribution in [2.75, 3.05) is 13.7 Å². The first-order chi connectivity index (χ1) is 13.1. The van der Waals surface area contributed by atoms with E-state index in [2.05, 4.69) is 0 Å². The number of hydrogen-bond donors (Lipinski definition) is 1. The van der Waals surface area contributed by atoms with Crippen LogP contribution in [0.25, 0.3) is 0 Å². The van der Waals surface area contributed by atoms with E-state index in [0.29, 0.717) is 16.7 Å². The Labute approximate surface area is 168 Å². The summed E-state index contributed by atoms with van der Waals surface area (Å²) in [5.74, 6) is 0. The third kappa shape index (κ3) is 5.21. The molecule has 1 fully saturated rings. The van der Waals surface area contributed by atoms with Gasteiger partial charge in [0.2, 0.25) is 0 Å². The minimum Gasteiger partial charge on any atom is -0.385 e. The highest BCUT2D eigenvalue weighted by atomic mass is 35.5. The lowest BCUT2D eigenvalue weighted by atomic mass is 10.1.